The van der Waals surface area contributed by atoms with E-state index in [0.717, 1.165) is 128 Å². The van der Waals surface area contributed by atoms with Crippen LogP contribution in [0.15, 0.2) is 0 Å². The van der Waals surface area contributed by atoms with Crippen LogP contribution >= 0.6 is 0 Å². The number of esters is 6. The van der Waals surface area contributed by atoms with E-state index in [1.807, 2.05) is 0 Å². The summed E-state index contributed by atoms with van der Waals surface area (Å²) in [6.07, 6.45) is 35.6. The van der Waals surface area contributed by atoms with Gasteiger partial charge in [0, 0.05) is 0 Å². The van der Waals surface area contributed by atoms with Gasteiger partial charge in [-0.2, -0.15) is 0 Å². The molecule has 0 spiro atoms. The Kier molecular flexibility index (Phi) is 42.0. The van der Waals surface area contributed by atoms with Crippen molar-refractivity contribution in [1.29, 1.82) is 0 Å². The minimum atomic E-state index is -0.339. The van der Waals surface area contributed by atoms with Gasteiger partial charge in [0.1, 0.15) is 0 Å². The average Bonchev–Trinajstić information content (AvgIpc) is 3.32. The summed E-state index contributed by atoms with van der Waals surface area (Å²) in [5.74, 6) is -1.86. The molecule has 0 aromatic carbocycles. The third kappa shape index (κ3) is 38.9. The number of hydrogen-bond donors (Lipinski definition) is 0. The van der Waals surface area contributed by atoms with Gasteiger partial charge < -0.3 is 28.4 Å². The van der Waals surface area contributed by atoms with Crippen LogP contribution in [0.4, 0.5) is 0 Å². The van der Waals surface area contributed by atoms with Gasteiger partial charge in [-0.15, -0.1) is 0 Å². The van der Waals surface area contributed by atoms with E-state index in [4.69, 9.17) is 28.4 Å². The number of carbonyl (C=O) groups is 6. The zero-order valence-corrected chi connectivity index (χ0v) is 42.2. The van der Waals surface area contributed by atoms with E-state index in [2.05, 4.69) is 13.8 Å². The van der Waals surface area contributed by atoms with Gasteiger partial charge in [-0.25, -0.2) is 0 Å². The Labute approximate surface area is 401 Å². The quantitative estimate of drug-likeness (QED) is 0.0324. The van der Waals surface area contributed by atoms with Crippen molar-refractivity contribution in [2.24, 2.45) is 11.8 Å². The summed E-state index contributed by atoms with van der Waals surface area (Å²) in [4.78, 5) is 72.8. The third-order valence-electron chi connectivity index (χ3n) is 12.6. The van der Waals surface area contributed by atoms with Gasteiger partial charge in [0.2, 0.25) is 0 Å². The molecule has 1 aliphatic carbocycles. The van der Waals surface area contributed by atoms with Crippen LogP contribution in [0.25, 0.3) is 0 Å². The van der Waals surface area contributed by atoms with Crippen molar-refractivity contribution in [2.45, 2.75) is 258 Å². The lowest BCUT2D eigenvalue weighted by Crippen LogP contribution is -2.28. The Morgan fingerprint density at radius 2 is 0.455 bits per heavy atom. The largest absolute Gasteiger partial charge is 0.466 e. The summed E-state index contributed by atoms with van der Waals surface area (Å²) in [6, 6.07) is 0. The van der Waals surface area contributed by atoms with Crippen LogP contribution in [0.3, 0.4) is 0 Å². The van der Waals surface area contributed by atoms with Crippen LogP contribution in [0.1, 0.15) is 258 Å². The minimum Gasteiger partial charge on any atom is -0.466 e. The maximum absolute atomic E-state index is 12.6. The Balaban J connectivity index is 1.86. The topological polar surface area (TPSA) is 158 Å². The van der Waals surface area contributed by atoms with Crippen LogP contribution in [0, 0.1) is 11.8 Å². The van der Waals surface area contributed by atoms with Crippen molar-refractivity contribution < 1.29 is 57.2 Å². The first-order valence-corrected chi connectivity index (χ1v) is 27.2. The van der Waals surface area contributed by atoms with E-state index >= 15 is 0 Å². The number of carbonyl (C=O) groups excluding carboxylic acids is 6. The molecule has 12 nitrogen and oxygen atoms in total. The molecule has 0 amide bonds. The number of unbranched alkanes of at least 4 members (excludes halogenated alkanes) is 26. The first-order valence-electron chi connectivity index (χ1n) is 27.2. The maximum atomic E-state index is 12.6. The molecule has 0 atom stereocenters. The van der Waals surface area contributed by atoms with Crippen molar-refractivity contribution in [3.63, 3.8) is 0 Å². The Hall–Kier alpha value is -3.18. The van der Waals surface area contributed by atoms with Crippen molar-refractivity contribution in [1.82, 2.24) is 0 Å². The van der Waals surface area contributed by atoms with Crippen molar-refractivity contribution >= 4 is 35.8 Å². The smallest absolute Gasteiger partial charge is 0.308 e. The monoisotopic (exact) mass is 937 g/mol. The highest BCUT2D eigenvalue weighted by molar-refractivity contribution is 5.78. The third-order valence-corrected chi connectivity index (χ3v) is 12.6. The molecule has 384 valence electrons. The van der Waals surface area contributed by atoms with Gasteiger partial charge in [0.25, 0.3) is 0 Å². The minimum absolute atomic E-state index is 0.0733. The molecule has 12 heteroatoms. The predicted molar refractivity (Wildman–Crippen MR) is 260 cm³/mol. The van der Waals surface area contributed by atoms with Gasteiger partial charge in [0.05, 0.1) is 77.2 Å². The van der Waals surface area contributed by atoms with E-state index in [-0.39, 0.29) is 73.3 Å². The lowest BCUT2D eigenvalue weighted by Gasteiger charge is -2.26. The lowest BCUT2D eigenvalue weighted by atomic mass is 9.82. The van der Waals surface area contributed by atoms with Crippen LogP contribution in [-0.2, 0) is 57.2 Å². The zero-order valence-electron chi connectivity index (χ0n) is 42.2. The van der Waals surface area contributed by atoms with Gasteiger partial charge in [0.15, 0.2) is 0 Å². The Morgan fingerprint density at radius 3 is 0.667 bits per heavy atom. The maximum Gasteiger partial charge on any atom is 0.308 e. The van der Waals surface area contributed by atoms with Gasteiger partial charge in [-0.3, -0.25) is 28.8 Å². The fraction of sp³-hybridized carbons (Fsp3) is 0.889. The lowest BCUT2D eigenvalue weighted by molar-refractivity contribution is -0.155. The summed E-state index contributed by atoms with van der Waals surface area (Å²) in [7, 11) is 0. The molecule has 0 saturated heterocycles. The summed E-state index contributed by atoms with van der Waals surface area (Å²) in [6.45, 7) is 6.95. The molecule has 0 unspecified atom stereocenters. The molecule has 1 saturated carbocycles. The summed E-state index contributed by atoms with van der Waals surface area (Å²) >= 11 is 0. The molecular weight excluding hydrogens is 841 g/mol. The van der Waals surface area contributed by atoms with E-state index in [0.29, 0.717) is 65.3 Å². The summed E-state index contributed by atoms with van der Waals surface area (Å²) < 4.78 is 32.2. The molecule has 1 fully saturated rings. The SMILES string of the molecule is CCCCCCCCCOC(=O)CCC(=O)OCCCCCCCCCCOC(=O)C1CCC(C(=O)OCCCCCCCCCCOC(=O)CCC(=O)OCCCCCCCCC)CC1. The molecule has 0 radical (unpaired) electrons. The second kappa shape index (κ2) is 45.6. The van der Waals surface area contributed by atoms with E-state index < -0.39 is 0 Å². The summed E-state index contributed by atoms with van der Waals surface area (Å²) in [5.41, 5.74) is 0. The normalized spacial score (nSPS) is 14.6. The van der Waals surface area contributed by atoms with Gasteiger partial charge in [-0.1, -0.05) is 168 Å². The summed E-state index contributed by atoms with van der Waals surface area (Å²) in [5, 5.41) is 0. The second-order valence-corrected chi connectivity index (χ2v) is 18.7. The number of rotatable bonds is 46. The Morgan fingerprint density at radius 1 is 0.273 bits per heavy atom. The predicted octanol–water partition coefficient (Wildman–Crippen LogP) is 13.4. The highest BCUT2D eigenvalue weighted by Gasteiger charge is 2.31. The van der Waals surface area contributed by atoms with Crippen molar-refractivity contribution in [3.8, 4) is 0 Å². The molecule has 0 aliphatic heterocycles. The standard InChI is InChI=1S/C54H96O12/c1-3-5-7-9-15-21-27-41-61-49(55)37-39-51(57)63-43-29-23-17-11-13-19-25-31-45-65-53(59)47-33-35-48(36-34-47)54(60)66-46-32-26-20-14-12-18-24-30-44-64-52(58)40-38-50(56)62-42-28-22-16-10-8-6-4-2/h47-48H,3-46H2,1-2H3. The van der Waals surface area contributed by atoms with Crippen LogP contribution in [0.5, 0.6) is 0 Å². The zero-order chi connectivity index (χ0) is 48.0. The molecule has 66 heavy (non-hydrogen) atoms. The molecule has 1 rings (SSSR count). The van der Waals surface area contributed by atoms with Crippen LogP contribution < -0.4 is 0 Å². The molecular formula is C54H96O12. The average molecular weight is 937 g/mol. The van der Waals surface area contributed by atoms with E-state index in [1.165, 1.54) is 64.2 Å². The van der Waals surface area contributed by atoms with Crippen LogP contribution in [0.2, 0.25) is 0 Å². The van der Waals surface area contributed by atoms with E-state index in [1.54, 1.807) is 0 Å². The van der Waals surface area contributed by atoms with Crippen molar-refractivity contribution in [3.05, 3.63) is 0 Å². The number of ether oxygens (including phenoxy) is 6. The second-order valence-electron chi connectivity index (χ2n) is 18.7. The molecule has 0 heterocycles. The molecule has 0 aromatic heterocycles. The van der Waals surface area contributed by atoms with Crippen molar-refractivity contribution in [2.75, 3.05) is 39.6 Å². The first kappa shape index (κ1) is 60.8. The Bertz CT molecular complexity index is 1120. The number of hydrogen-bond acceptors (Lipinski definition) is 12. The van der Waals surface area contributed by atoms with Crippen LogP contribution in [-0.4, -0.2) is 75.5 Å². The first-order chi connectivity index (χ1) is 32.3. The fourth-order valence-corrected chi connectivity index (χ4v) is 8.23. The fourth-order valence-electron chi connectivity index (χ4n) is 8.23. The highest BCUT2D eigenvalue weighted by atomic mass is 16.6. The molecule has 0 aromatic rings. The van der Waals surface area contributed by atoms with Gasteiger partial charge >= 0.3 is 35.8 Å². The molecule has 0 bridgehead atoms. The van der Waals surface area contributed by atoms with Gasteiger partial charge in [-0.05, 0) is 64.2 Å². The highest BCUT2D eigenvalue weighted by Crippen LogP contribution is 2.30. The van der Waals surface area contributed by atoms with E-state index in [9.17, 15) is 28.8 Å². The molecule has 1 aliphatic rings. The molecule has 0 N–H and O–H groups in total.